The molecule has 1 aromatic carbocycles. The molecule has 0 atom stereocenters. The van der Waals surface area contributed by atoms with E-state index in [0.717, 1.165) is 11.4 Å². The lowest BCUT2D eigenvalue weighted by Gasteiger charge is -2.10. The second kappa shape index (κ2) is 5.75. The Morgan fingerprint density at radius 1 is 1.40 bits per heavy atom. The summed E-state index contributed by atoms with van der Waals surface area (Å²) < 4.78 is 30.9. The molecule has 108 valence electrons. The van der Waals surface area contributed by atoms with Gasteiger partial charge in [0.1, 0.15) is 17.3 Å². The molecule has 0 spiro atoms. The van der Waals surface area contributed by atoms with Crippen LogP contribution in [0, 0.1) is 6.92 Å². The molecule has 2 rings (SSSR count). The fraction of sp³-hybridized carbons (Fsp3) is 0.250. The molecule has 8 heteroatoms. The Morgan fingerprint density at radius 3 is 2.65 bits per heavy atom. The molecule has 0 unspecified atom stereocenters. The van der Waals surface area contributed by atoms with Crippen molar-refractivity contribution in [3.8, 4) is 5.75 Å². The quantitative estimate of drug-likeness (QED) is 0.766. The van der Waals surface area contributed by atoms with Gasteiger partial charge in [-0.2, -0.15) is 5.10 Å². The van der Waals surface area contributed by atoms with E-state index in [1.807, 2.05) is 13.0 Å². The maximum absolute atomic E-state index is 11.5. The fourth-order valence-electron chi connectivity index (χ4n) is 1.74. The molecular weight excluding hydrogens is 368 g/mol. The summed E-state index contributed by atoms with van der Waals surface area (Å²) in [6, 6.07) is 6.53. The lowest BCUT2D eigenvalue weighted by Crippen LogP contribution is -2.05. The molecule has 20 heavy (non-hydrogen) atoms. The van der Waals surface area contributed by atoms with Gasteiger partial charge in [0.05, 0.1) is 11.4 Å². The van der Waals surface area contributed by atoms with Crippen LogP contribution in [0.4, 0.5) is 0 Å². The Balaban J connectivity index is 2.28. The van der Waals surface area contributed by atoms with Crippen molar-refractivity contribution in [1.82, 2.24) is 9.78 Å². The molecule has 5 nitrogen and oxygen atoms in total. The van der Waals surface area contributed by atoms with E-state index in [2.05, 4.69) is 21.0 Å². The number of benzene rings is 1. The monoisotopic (exact) mass is 378 g/mol. The van der Waals surface area contributed by atoms with Crippen LogP contribution in [-0.2, 0) is 22.7 Å². The van der Waals surface area contributed by atoms with E-state index in [1.54, 1.807) is 23.9 Å². The van der Waals surface area contributed by atoms with Crippen molar-refractivity contribution >= 4 is 35.7 Å². The Labute approximate surface area is 130 Å². The number of hydrogen-bond acceptors (Lipinski definition) is 4. The van der Waals surface area contributed by atoms with E-state index in [1.165, 1.54) is 6.07 Å². The molecule has 1 aromatic heterocycles. The number of nitrogens with zero attached hydrogens (tertiary/aromatic N) is 2. The van der Waals surface area contributed by atoms with Gasteiger partial charge < -0.3 is 4.74 Å². The maximum atomic E-state index is 11.5. The van der Waals surface area contributed by atoms with Crippen molar-refractivity contribution in [1.29, 1.82) is 0 Å². The van der Waals surface area contributed by atoms with Gasteiger partial charge in [0, 0.05) is 22.2 Å². The number of aryl methyl sites for hydroxylation is 2. The lowest BCUT2D eigenvalue weighted by molar-refractivity contribution is 0.287. The highest BCUT2D eigenvalue weighted by atomic mass is 79.9. The first-order valence-electron chi connectivity index (χ1n) is 5.64. The van der Waals surface area contributed by atoms with Gasteiger partial charge in [-0.1, -0.05) is 15.9 Å². The van der Waals surface area contributed by atoms with E-state index in [4.69, 9.17) is 15.4 Å². The van der Waals surface area contributed by atoms with Crippen LogP contribution in [0.15, 0.2) is 33.6 Å². The van der Waals surface area contributed by atoms with Crippen LogP contribution in [0.2, 0.25) is 0 Å². The molecule has 1 heterocycles. The van der Waals surface area contributed by atoms with Gasteiger partial charge in [-0.25, -0.2) is 8.42 Å². The van der Waals surface area contributed by atoms with E-state index in [-0.39, 0.29) is 17.3 Å². The number of ether oxygens (including phenoxy) is 1. The van der Waals surface area contributed by atoms with Gasteiger partial charge in [-0.3, -0.25) is 4.68 Å². The van der Waals surface area contributed by atoms with Crippen molar-refractivity contribution in [2.75, 3.05) is 0 Å². The summed E-state index contributed by atoms with van der Waals surface area (Å²) in [4.78, 5) is -0.0626. The molecule has 2 aromatic rings. The minimum Gasteiger partial charge on any atom is -0.486 e. The summed E-state index contributed by atoms with van der Waals surface area (Å²) >= 11 is 3.21. The molecule has 0 fully saturated rings. The van der Waals surface area contributed by atoms with Crippen LogP contribution in [0.1, 0.15) is 11.4 Å². The van der Waals surface area contributed by atoms with E-state index in [9.17, 15) is 8.42 Å². The molecule has 0 N–H and O–H groups in total. The minimum absolute atomic E-state index is 0.0626. The largest absolute Gasteiger partial charge is 0.486 e. The number of rotatable bonds is 4. The first kappa shape index (κ1) is 15.3. The molecule has 0 saturated carbocycles. The Morgan fingerprint density at radius 2 is 2.10 bits per heavy atom. The topological polar surface area (TPSA) is 61.2 Å². The second-order valence-corrected chi connectivity index (χ2v) is 7.67. The predicted molar refractivity (Wildman–Crippen MR) is 79.5 cm³/mol. The third kappa shape index (κ3) is 3.53. The van der Waals surface area contributed by atoms with Gasteiger partial charge in [0.25, 0.3) is 9.05 Å². The summed E-state index contributed by atoms with van der Waals surface area (Å²) in [5, 5.41) is 4.19. The smallest absolute Gasteiger partial charge is 0.265 e. The van der Waals surface area contributed by atoms with Crippen molar-refractivity contribution in [2.45, 2.75) is 18.4 Å². The Bertz CT molecular complexity index is 743. The highest BCUT2D eigenvalue weighted by Crippen LogP contribution is 2.30. The highest BCUT2D eigenvalue weighted by Gasteiger charge is 2.18. The summed E-state index contributed by atoms with van der Waals surface area (Å²) in [5.74, 6) is 0.210. The molecule has 0 aliphatic rings. The third-order valence-electron chi connectivity index (χ3n) is 2.64. The van der Waals surface area contributed by atoms with Crippen LogP contribution in [0.25, 0.3) is 0 Å². The molecule has 0 radical (unpaired) electrons. The van der Waals surface area contributed by atoms with Crippen molar-refractivity contribution in [3.05, 3.63) is 40.1 Å². The van der Waals surface area contributed by atoms with Crippen LogP contribution in [0.3, 0.4) is 0 Å². The molecule has 0 bridgehead atoms. The fourth-order valence-corrected chi connectivity index (χ4v) is 3.25. The number of hydrogen-bond donors (Lipinski definition) is 0. The summed E-state index contributed by atoms with van der Waals surface area (Å²) in [7, 11) is 3.33. The van der Waals surface area contributed by atoms with E-state index >= 15 is 0 Å². The normalized spacial score (nSPS) is 11.6. The predicted octanol–water partition coefficient (Wildman–Crippen LogP) is 3.00. The van der Waals surface area contributed by atoms with Gasteiger partial charge >= 0.3 is 0 Å². The molecule has 0 aliphatic heterocycles. The van der Waals surface area contributed by atoms with E-state index in [0.29, 0.717) is 4.47 Å². The first-order chi connectivity index (χ1) is 9.27. The van der Waals surface area contributed by atoms with Crippen LogP contribution < -0.4 is 4.74 Å². The summed E-state index contributed by atoms with van der Waals surface area (Å²) in [5.41, 5.74) is 1.70. The standard InChI is InChI=1S/C12H12BrClN2O3S/c1-8-5-10(16(2)15-8)7-19-11-4-3-9(13)6-12(11)20(14,17)18/h3-6H,7H2,1-2H3. The van der Waals surface area contributed by atoms with E-state index < -0.39 is 9.05 Å². The maximum Gasteiger partial charge on any atom is 0.265 e. The number of halogens is 2. The summed E-state index contributed by atoms with van der Waals surface area (Å²) in [6.07, 6.45) is 0. The first-order valence-corrected chi connectivity index (χ1v) is 8.74. The SMILES string of the molecule is Cc1cc(COc2ccc(Br)cc2S(=O)(=O)Cl)n(C)n1. The van der Waals surface area contributed by atoms with Gasteiger partial charge in [-0.05, 0) is 31.2 Å². The minimum atomic E-state index is -3.87. The summed E-state index contributed by atoms with van der Waals surface area (Å²) in [6.45, 7) is 2.08. The lowest BCUT2D eigenvalue weighted by atomic mass is 10.3. The third-order valence-corrected chi connectivity index (χ3v) is 4.48. The number of aromatic nitrogens is 2. The van der Waals surface area contributed by atoms with Gasteiger partial charge in [0.15, 0.2) is 0 Å². The van der Waals surface area contributed by atoms with Crippen LogP contribution >= 0.6 is 26.6 Å². The highest BCUT2D eigenvalue weighted by molar-refractivity contribution is 9.10. The zero-order valence-electron chi connectivity index (χ0n) is 10.8. The van der Waals surface area contributed by atoms with Crippen molar-refractivity contribution < 1.29 is 13.2 Å². The zero-order valence-corrected chi connectivity index (χ0v) is 14.0. The van der Waals surface area contributed by atoms with Crippen molar-refractivity contribution in [2.24, 2.45) is 7.05 Å². The van der Waals surface area contributed by atoms with Crippen LogP contribution in [-0.4, -0.2) is 18.2 Å². The second-order valence-electron chi connectivity index (χ2n) is 4.22. The van der Waals surface area contributed by atoms with Gasteiger partial charge in [-0.15, -0.1) is 0 Å². The molecular formula is C12H12BrClN2O3S. The molecule has 0 amide bonds. The zero-order chi connectivity index (χ0) is 14.9. The Hall–Kier alpha value is -1.05. The molecule has 0 aliphatic carbocycles. The van der Waals surface area contributed by atoms with Crippen LogP contribution in [0.5, 0.6) is 5.75 Å². The van der Waals surface area contributed by atoms with Gasteiger partial charge in [0.2, 0.25) is 0 Å². The average molecular weight is 380 g/mol. The van der Waals surface area contributed by atoms with Crippen molar-refractivity contribution in [3.63, 3.8) is 0 Å². The average Bonchev–Trinajstić information content (AvgIpc) is 2.65. The molecule has 0 saturated heterocycles. The Kier molecular flexibility index (Phi) is 4.41.